The van der Waals surface area contributed by atoms with E-state index in [9.17, 15) is 4.79 Å². The van der Waals surface area contributed by atoms with Crippen molar-refractivity contribution in [1.82, 2.24) is 0 Å². The van der Waals surface area contributed by atoms with Gasteiger partial charge in [0.15, 0.2) is 0 Å². The molecule has 12 heavy (non-hydrogen) atoms. The molecule has 0 saturated carbocycles. The van der Waals surface area contributed by atoms with Crippen LogP contribution in [0.5, 0.6) is 0 Å². The molecule has 0 aliphatic rings. The van der Waals surface area contributed by atoms with Crippen LogP contribution in [0, 0.1) is 11.8 Å². The van der Waals surface area contributed by atoms with Crippen LogP contribution in [0.15, 0.2) is 0 Å². The molecule has 0 N–H and O–H groups in total. The fourth-order valence-electron chi connectivity index (χ4n) is 1.09. The molecule has 0 bridgehead atoms. The topological polar surface area (TPSA) is 26.3 Å². The van der Waals surface area contributed by atoms with Gasteiger partial charge in [0, 0.05) is 0 Å². The number of rotatable bonds is 4. The first-order chi connectivity index (χ1) is 5.07. The summed E-state index contributed by atoms with van der Waals surface area (Å²) in [7, 11) is 0. The molecule has 0 radical (unpaired) electrons. The maximum atomic E-state index is 11.1. The Hall–Kier alpha value is -0.100. The van der Waals surface area contributed by atoms with E-state index in [1.807, 2.05) is 13.8 Å². The zero-order chi connectivity index (χ0) is 8.85. The molecule has 0 aromatic heterocycles. The summed E-state index contributed by atoms with van der Waals surface area (Å²) in [5.41, 5.74) is 0. The van der Waals surface area contributed by atoms with Crippen LogP contribution in [-0.2, 0) is 9.53 Å². The van der Waals surface area contributed by atoms with Crippen molar-refractivity contribution in [3.63, 3.8) is 0 Å². The fourth-order valence-corrected chi connectivity index (χ4v) is 1.09. The molecule has 0 amide bonds. The highest BCUT2D eigenvalue weighted by molar-refractivity contribution is 6.92. The zero-order valence-electron chi connectivity index (χ0n) is 8.59. The zero-order valence-corrected chi connectivity index (χ0v) is 10.0. The lowest BCUT2D eigenvalue weighted by atomic mass is 9.99. The summed E-state index contributed by atoms with van der Waals surface area (Å²) < 4.78 is 4.87. The molecule has 0 aromatic rings. The van der Waals surface area contributed by atoms with Gasteiger partial charge >= 0.3 is 5.97 Å². The van der Waals surface area contributed by atoms with Gasteiger partial charge in [-0.25, -0.2) is 0 Å². The Morgan fingerprint density at radius 1 is 1.33 bits per heavy atom. The molecule has 0 fully saturated rings. The highest BCUT2D eigenvalue weighted by atomic mass is 31.0. The molecule has 3 heteroatoms. The molecule has 0 aromatic carbocycles. The summed E-state index contributed by atoms with van der Waals surface area (Å²) >= 11 is 0. The molecule has 74 valence electrons. The monoisotopic (exact) mass is 192 g/mol. The Balaban J connectivity index is 0. The second-order valence-corrected chi connectivity index (χ2v) is 3.28. The fraction of sp³-hybridized carbons (Fsp3) is 0.889. The van der Waals surface area contributed by atoms with Crippen molar-refractivity contribution in [3.8, 4) is 0 Å². The first-order valence-electron chi connectivity index (χ1n) is 4.24. The largest absolute Gasteiger partial charge is 0.466 e. The van der Waals surface area contributed by atoms with E-state index in [4.69, 9.17) is 4.74 Å². The van der Waals surface area contributed by atoms with Gasteiger partial charge in [0.2, 0.25) is 0 Å². The van der Waals surface area contributed by atoms with Crippen molar-refractivity contribution >= 4 is 15.9 Å². The van der Waals surface area contributed by atoms with Crippen LogP contribution in [0.2, 0.25) is 0 Å². The minimum atomic E-state index is -0.0683. The molecular formula is C9H21O2P. The van der Waals surface area contributed by atoms with Crippen LogP contribution < -0.4 is 0 Å². The van der Waals surface area contributed by atoms with Gasteiger partial charge in [-0.05, 0) is 19.3 Å². The van der Waals surface area contributed by atoms with Crippen molar-refractivity contribution in [2.75, 3.05) is 6.61 Å². The van der Waals surface area contributed by atoms with Gasteiger partial charge in [-0.2, -0.15) is 9.90 Å². The Morgan fingerprint density at radius 2 is 1.83 bits per heavy atom. The molecule has 0 saturated heterocycles. The Labute approximate surface area is 78.7 Å². The van der Waals surface area contributed by atoms with Gasteiger partial charge in [0.25, 0.3) is 0 Å². The molecule has 0 spiro atoms. The number of hydrogen-bond acceptors (Lipinski definition) is 2. The first kappa shape index (κ1) is 14.4. The van der Waals surface area contributed by atoms with E-state index in [2.05, 4.69) is 13.8 Å². The summed E-state index contributed by atoms with van der Waals surface area (Å²) in [5.74, 6) is 0.547. The number of esters is 1. The van der Waals surface area contributed by atoms with E-state index >= 15 is 0 Å². The lowest BCUT2D eigenvalue weighted by Gasteiger charge is -2.11. The average molecular weight is 192 g/mol. The van der Waals surface area contributed by atoms with E-state index in [1.165, 1.54) is 0 Å². The third-order valence-electron chi connectivity index (χ3n) is 1.51. The van der Waals surface area contributed by atoms with E-state index in [1.54, 1.807) is 0 Å². The smallest absolute Gasteiger partial charge is 0.308 e. The molecule has 2 nitrogen and oxygen atoms in total. The predicted octanol–water partition coefficient (Wildman–Crippen LogP) is 2.29. The van der Waals surface area contributed by atoms with Crippen molar-refractivity contribution in [3.05, 3.63) is 0 Å². The van der Waals surface area contributed by atoms with Gasteiger partial charge < -0.3 is 4.74 Å². The van der Waals surface area contributed by atoms with Gasteiger partial charge in [-0.15, -0.1) is 0 Å². The molecule has 0 heterocycles. The Kier molecular flexibility index (Phi) is 9.07. The average Bonchev–Trinajstić information content (AvgIpc) is 1.86. The minimum Gasteiger partial charge on any atom is -0.466 e. The lowest BCUT2D eigenvalue weighted by molar-refractivity contribution is -0.147. The van der Waals surface area contributed by atoms with Crippen LogP contribution in [0.25, 0.3) is 0 Å². The summed E-state index contributed by atoms with van der Waals surface area (Å²) in [6.07, 6.45) is 0.916. The van der Waals surface area contributed by atoms with Crippen LogP contribution in [0.1, 0.15) is 34.1 Å². The second kappa shape index (κ2) is 7.54. The van der Waals surface area contributed by atoms with Crippen LogP contribution in [-0.4, -0.2) is 12.6 Å². The van der Waals surface area contributed by atoms with Crippen LogP contribution in [0.4, 0.5) is 0 Å². The van der Waals surface area contributed by atoms with Crippen LogP contribution >= 0.6 is 9.90 Å². The summed E-state index contributed by atoms with van der Waals surface area (Å²) in [6, 6.07) is 0. The highest BCUT2D eigenvalue weighted by Gasteiger charge is 2.14. The van der Waals surface area contributed by atoms with Crippen molar-refractivity contribution < 1.29 is 9.53 Å². The van der Waals surface area contributed by atoms with Crippen molar-refractivity contribution in [2.45, 2.75) is 34.1 Å². The Morgan fingerprint density at radius 3 is 2.17 bits per heavy atom. The molecular weight excluding hydrogens is 171 g/mol. The third kappa shape index (κ3) is 6.60. The number of ether oxygens (including phenoxy) is 1. The molecule has 2 unspecified atom stereocenters. The standard InChI is InChI=1S/C9H18O2.H3P/c1-5-11-9(10)8(4)6-7(2)3;/h7-8H,5-6H2,1-4H3;1H3. The van der Waals surface area contributed by atoms with Crippen LogP contribution in [0.3, 0.4) is 0 Å². The number of carbonyl (C=O) groups excluding carboxylic acids is 1. The maximum Gasteiger partial charge on any atom is 0.308 e. The quantitative estimate of drug-likeness (QED) is 0.504. The molecule has 0 rings (SSSR count). The lowest BCUT2D eigenvalue weighted by Crippen LogP contribution is -2.16. The van der Waals surface area contributed by atoms with E-state index < -0.39 is 0 Å². The molecule has 2 atom stereocenters. The Bertz CT molecular complexity index is 124. The summed E-state index contributed by atoms with van der Waals surface area (Å²) in [5, 5.41) is 0. The highest BCUT2D eigenvalue weighted by Crippen LogP contribution is 2.11. The van der Waals surface area contributed by atoms with Crippen molar-refractivity contribution in [2.24, 2.45) is 11.8 Å². The van der Waals surface area contributed by atoms with E-state index in [0.29, 0.717) is 12.5 Å². The normalized spacial score (nSPS) is 12.1. The predicted molar refractivity (Wildman–Crippen MR) is 56.4 cm³/mol. The van der Waals surface area contributed by atoms with Crippen molar-refractivity contribution in [1.29, 1.82) is 0 Å². The molecule has 0 aliphatic carbocycles. The van der Waals surface area contributed by atoms with Gasteiger partial charge in [0.05, 0.1) is 12.5 Å². The van der Waals surface area contributed by atoms with E-state index in [-0.39, 0.29) is 21.8 Å². The minimum absolute atomic E-state index is 0. The van der Waals surface area contributed by atoms with Gasteiger partial charge in [-0.1, -0.05) is 20.8 Å². The number of hydrogen-bond donors (Lipinski definition) is 0. The summed E-state index contributed by atoms with van der Waals surface area (Å²) in [6.45, 7) is 8.45. The third-order valence-corrected chi connectivity index (χ3v) is 1.51. The van der Waals surface area contributed by atoms with Gasteiger partial charge in [-0.3, -0.25) is 4.79 Å². The van der Waals surface area contributed by atoms with Gasteiger partial charge in [0.1, 0.15) is 0 Å². The number of carbonyl (C=O) groups is 1. The second-order valence-electron chi connectivity index (χ2n) is 3.28. The SMILES string of the molecule is CCOC(=O)C(C)CC(C)C.P. The maximum absolute atomic E-state index is 11.1. The summed E-state index contributed by atoms with van der Waals surface area (Å²) in [4.78, 5) is 11.1. The molecule has 0 aliphatic heterocycles. The first-order valence-corrected chi connectivity index (χ1v) is 4.24. The van der Waals surface area contributed by atoms with E-state index in [0.717, 1.165) is 6.42 Å².